The maximum Gasteiger partial charge on any atom is 0.230 e. The molecule has 0 aliphatic rings. The highest BCUT2D eigenvalue weighted by atomic mass is 32.2. The summed E-state index contributed by atoms with van der Waals surface area (Å²) in [6.07, 6.45) is 1.83. The van der Waals surface area contributed by atoms with Crippen LogP contribution in [0.2, 0.25) is 0 Å². The molecule has 15 heavy (non-hydrogen) atoms. The molecule has 1 amide bonds. The van der Waals surface area contributed by atoms with Crippen LogP contribution in [0, 0.1) is 0 Å². The summed E-state index contributed by atoms with van der Waals surface area (Å²) in [5.41, 5.74) is 5.42. The second-order valence-corrected chi connectivity index (χ2v) is 4.82. The van der Waals surface area contributed by atoms with Crippen LogP contribution in [0.15, 0.2) is 0 Å². The number of amides is 1. The normalized spacial score (nSPS) is 12.5. The standard InChI is InChI=1S/C10H22N2O2S/c1-9(4-5-11)15-8-10(13)12-6-3-7-14-2/h9H,3-8,11H2,1-2H3,(H,12,13). The summed E-state index contributed by atoms with van der Waals surface area (Å²) in [6, 6.07) is 0. The Balaban J connectivity index is 3.32. The first-order valence-electron chi connectivity index (χ1n) is 5.28. The number of carbonyl (C=O) groups excluding carboxylic acids is 1. The lowest BCUT2D eigenvalue weighted by Crippen LogP contribution is -2.27. The maximum absolute atomic E-state index is 11.3. The monoisotopic (exact) mass is 234 g/mol. The Labute approximate surface area is 96.3 Å². The van der Waals surface area contributed by atoms with Crippen molar-refractivity contribution < 1.29 is 9.53 Å². The zero-order chi connectivity index (χ0) is 11.5. The number of nitrogens with two attached hydrogens (primary N) is 1. The Morgan fingerprint density at radius 2 is 2.33 bits per heavy atom. The lowest BCUT2D eigenvalue weighted by atomic mass is 10.3. The van der Waals surface area contributed by atoms with Crippen molar-refractivity contribution in [2.75, 3.05) is 32.6 Å². The third kappa shape index (κ3) is 10.0. The molecule has 0 heterocycles. The van der Waals surface area contributed by atoms with E-state index in [2.05, 4.69) is 12.2 Å². The van der Waals surface area contributed by atoms with Crippen molar-refractivity contribution in [2.24, 2.45) is 5.73 Å². The summed E-state index contributed by atoms with van der Waals surface area (Å²) in [5, 5.41) is 3.30. The minimum atomic E-state index is 0.0972. The number of rotatable bonds is 9. The third-order valence-corrected chi connectivity index (χ3v) is 3.15. The molecule has 0 aromatic heterocycles. The predicted molar refractivity (Wildman–Crippen MR) is 65.1 cm³/mol. The first kappa shape index (κ1) is 14.7. The van der Waals surface area contributed by atoms with Crippen molar-refractivity contribution in [1.29, 1.82) is 0 Å². The molecular weight excluding hydrogens is 212 g/mol. The molecule has 0 fully saturated rings. The van der Waals surface area contributed by atoms with E-state index < -0.39 is 0 Å². The number of nitrogens with one attached hydrogen (secondary N) is 1. The van der Waals surface area contributed by atoms with Crippen molar-refractivity contribution in [2.45, 2.75) is 25.0 Å². The van der Waals surface area contributed by atoms with Crippen LogP contribution in [-0.2, 0) is 9.53 Å². The molecule has 3 N–H and O–H groups in total. The Bertz CT molecular complexity index is 168. The Kier molecular flexibility index (Phi) is 10.1. The second-order valence-electron chi connectivity index (χ2n) is 3.40. The van der Waals surface area contributed by atoms with Gasteiger partial charge < -0.3 is 15.8 Å². The molecule has 0 rings (SSSR count). The van der Waals surface area contributed by atoms with Crippen LogP contribution in [-0.4, -0.2) is 43.7 Å². The van der Waals surface area contributed by atoms with E-state index in [4.69, 9.17) is 10.5 Å². The van der Waals surface area contributed by atoms with E-state index in [9.17, 15) is 4.79 Å². The van der Waals surface area contributed by atoms with Crippen LogP contribution < -0.4 is 11.1 Å². The van der Waals surface area contributed by atoms with Crippen LogP contribution in [0.5, 0.6) is 0 Å². The Morgan fingerprint density at radius 3 is 2.93 bits per heavy atom. The van der Waals surface area contributed by atoms with Gasteiger partial charge in [-0.25, -0.2) is 0 Å². The molecule has 0 aliphatic carbocycles. The molecule has 0 aromatic carbocycles. The summed E-state index contributed by atoms with van der Waals surface area (Å²) >= 11 is 1.65. The van der Waals surface area contributed by atoms with E-state index in [1.165, 1.54) is 0 Å². The van der Waals surface area contributed by atoms with Gasteiger partial charge in [0.1, 0.15) is 0 Å². The average Bonchev–Trinajstić information content (AvgIpc) is 2.22. The SMILES string of the molecule is COCCCNC(=O)CSC(C)CCN. The van der Waals surface area contributed by atoms with Gasteiger partial charge in [-0.05, 0) is 19.4 Å². The quantitative estimate of drug-likeness (QED) is 0.574. The molecule has 1 atom stereocenters. The van der Waals surface area contributed by atoms with Gasteiger partial charge in [0, 0.05) is 25.5 Å². The van der Waals surface area contributed by atoms with E-state index in [0.717, 1.165) is 12.8 Å². The molecular formula is C10H22N2O2S. The highest BCUT2D eigenvalue weighted by Gasteiger charge is 2.05. The molecule has 90 valence electrons. The summed E-state index contributed by atoms with van der Waals surface area (Å²) in [7, 11) is 1.66. The summed E-state index contributed by atoms with van der Waals surface area (Å²) in [6.45, 7) is 4.16. The van der Waals surface area contributed by atoms with Crippen molar-refractivity contribution in [3.05, 3.63) is 0 Å². The largest absolute Gasteiger partial charge is 0.385 e. The molecule has 0 spiro atoms. The zero-order valence-corrected chi connectivity index (χ0v) is 10.4. The van der Waals surface area contributed by atoms with Crippen molar-refractivity contribution in [1.82, 2.24) is 5.32 Å². The lowest BCUT2D eigenvalue weighted by Gasteiger charge is -2.09. The smallest absolute Gasteiger partial charge is 0.230 e. The highest BCUT2D eigenvalue weighted by molar-refractivity contribution is 8.00. The minimum Gasteiger partial charge on any atom is -0.385 e. The Morgan fingerprint density at radius 1 is 1.60 bits per heavy atom. The van der Waals surface area contributed by atoms with E-state index in [1.807, 2.05) is 0 Å². The van der Waals surface area contributed by atoms with Gasteiger partial charge in [0.05, 0.1) is 5.75 Å². The number of carbonyl (C=O) groups is 1. The van der Waals surface area contributed by atoms with E-state index in [1.54, 1.807) is 18.9 Å². The summed E-state index contributed by atoms with van der Waals surface area (Å²) in [5.74, 6) is 0.619. The fraction of sp³-hybridized carbons (Fsp3) is 0.900. The summed E-state index contributed by atoms with van der Waals surface area (Å²) < 4.78 is 4.88. The molecule has 0 bridgehead atoms. The number of hydrogen-bond donors (Lipinski definition) is 2. The molecule has 0 saturated carbocycles. The van der Waals surface area contributed by atoms with E-state index >= 15 is 0 Å². The van der Waals surface area contributed by atoms with Crippen molar-refractivity contribution in [3.63, 3.8) is 0 Å². The number of methoxy groups -OCH3 is 1. The lowest BCUT2D eigenvalue weighted by molar-refractivity contribution is -0.118. The van der Waals surface area contributed by atoms with Crippen LogP contribution in [0.1, 0.15) is 19.8 Å². The Hall–Kier alpha value is -0.260. The van der Waals surface area contributed by atoms with Crippen molar-refractivity contribution in [3.8, 4) is 0 Å². The van der Waals surface area contributed by atoms with Gasteiger partial charge in [0.25, 0.3) is 0 Å². The van der Waals surface area contributed by atoms with Crippen LogP contribution >= 0.6 is 11.8 Å². The molecule has 4 nitrogen and oxygen atoms in total. The van der Waals surface area contributed by atoms with Crippen LogP contribution in [0.4, 0.5) is 0 Å². The fourth-order valence-electron chi connectivity index (χ4n) is 1.03. The van der Waals surface area contributed by atoms with Gasteiger partial charge in [-0.1, -0.05) is 6.92 Å². The average molecular weight is 234 g/mol. The van der Waals surface area contributed by atoms with Crippen LogP contribution in [0.3, 0.4) is 0 Å². The second kappa shape index (κ2) is 10.3. The predicted octanol–water partition coefficient (Wildman–Crippen LogP) is 0.610. The fourth-order valence-corrected chi connectivity index (χ4v) is 1.87. The van der Waals surface area contributed by atoms with Gasteiger partial charge in [-0.15, -0.1) is 11.8 Å². The van der Waals surface area contributed by atoms with Crippen molar-refractivity contribution >= 4 is 17.7 Å². The molecule has 5 heteroatoms. The van der Waals surface area contributed by atoms with Gasteiger partial charge in [-0.2, -0.15) is 0 Å². The zero-order valence-electron chi connectivity index (χ0n) is 9.62. The molecule has 0 aliphatic heterocycles. The molecule has 0 saturated heterocycles. The van der Waals surface area contributed by atoms with E-state index in [-0.39, 0.29) is 5.91 Å². The first-order chi connectivity index (χ1) is 7.20. The van der Waals surface area contributed by atoms with Gasteiger partial charge in [0.15, 0.2) is 0 Å². The molecule has 0 aromatic rings. The van der Waals surface area contributed by atoms with Crippen LogP contribution in [0.25, 0.3) is 0 Å². The number of thioether (sulfide) groups is 1. The van der Waals surface area contributed by atoms with Gasteiger partial charge >= 0.3 is 0 Å². The molecule has 0 radical (unpaired) electrons. The van der Waals surface area contributed by atoms with Gasteiger partial charge in [0.2, 0.25) is 5.91 Å². The highest BCUT2D eigenvalue weighted by Crippen LogP contribution is 2.12. The van der Waals surface area contributed by atoms with E-state index in [0.29, 0.717) is 30.7 Å². The number of ether oxygens (including phenoxy) is 1. The minimum absolute atomic E-state index is 0.0972. The number of hydrogen-bond acceptors (Lipinski definition) is 4. The maximum atomic E-state index is 11.3. The molecule has 1 unspecified atom stereocenters. The summed E-state index contributed by atoms with van der Waals surface area (Å²) in [4.78, 5) is 11.3. The third-order valence-electron chi connectivity index (χ3n) is 1.92. The topological polar surface area (TPSA) is 64.3 Å². The first-order valence-corrected chi connectivity index (χ1v) is 6.33. The van der Waals surface area contributed by atoms with Gasteiger partial charge in [-0.3, -0.25) is 4.79 Å².